The van der Waals surface area contributed by atoms with E-state index < -0.39 is 5.91 Å². The SMILES string of the molecule is Cc1ccc(CSc2nc(CC(=O)Nc3nc(CC(N)=O)cs3)cs2)cc1. The number of primary amides is 1. The maximum absolute atomic E-state index is 12.2. The minimum Gasteiger partial charge on any atom is -0.369 e. The second kappa shape index (κ2) is 9.12. The lowest BCUT2D eigenvalue weighted by molar-refractivity contribution is -0.117. The molecule has 0 bridgehead atoms. The summed E-state index contributed by atoms with van der Waals surface area (Å²) in [5.41, 5.74) is 8.92. The summed E-state index contributed by atoms with van der Waals surface area (Å²) in [6, 6.07) is 8.43. The Morgan fingerprint density at radius 1 is 1.07 bits per heavy atom. The van der Waals surface area contributed by atoms with Crippen molar-refractivity contribution in [2.24, 2.45) is 5.73 Å². The molecule has 3 aromatic rings. The molecule has 27 heavy (non-hydrogen) atoms. The molecule has 1 aromatic carbocycles. The Morgan fingerprint density at radius 2 is 1.78 bits per heavy atom. The molecule has 2 amide bonds. The lowest BCUT2D eigenvalue weighted by atomic mass is 10.2. The van der Waals surface area contributed by atoms with Gasteiger partial charge in [-0.15, -0.1) is 22.7 Å². The topological polar surface area (TPSA) is 98.0 Å². The van der Waals surface area contributed by atoms with E-state index in [0.717, 1.165) is 15.8 Å². The molecule has 0 saturated carbocycles. The number of nitrogens with two attached hydrogens (primary N) is 1. The normalized spacial score (nSPS) is 10.7. The van der Waals surface area contributed by atoms with E-state index in [1.165, 1.54) is 33.8 Å². The summed E-state index contributed by atoms with van der Waals surface area (Å²) in [4.78, 5) is 31.7. The minimum absolute atomic E-state index is 0.0695. The van der Waals surface area contributed by atoms with Crippen molar-refractivity contribution in [3.8, 4) is 0 Å². The molecule has 140 valence electrons. The number of nitrogens with zero attached hydrogens (tertiary/aromatic N) is 2. The van der Waals surface area contributed by atoms with Gasteiger partial charge in [-0.25, -0.2) is 9.97 Å². The number of aromatic nitrogens is 2. The molecule has 3 rings (SSSR count). The van der Waals surface area contributed by atoms with Gasteiger partial charge in [0.25, 0.3) is 0 Å². The van der Waals surface area contributed by atoms with Crippen molar-refractivity contribution in [1.82, 2.24) is 9.97 Å². The highest BCUT2D eigenvalue weighted by atomic mass is 32.2. The first kappa shape index (κ1) is 19.5. The number of benzene rings is 1. The monoisotopic (exact) mass is 418 g/mol. The fourth-order valence-corrected chi connectivity index (χ4v) is 4.74. The Hall–Kier alpha value is -2.23. The Kier molecular flexibility index (Phi) is 6.59. The quantitative estimate of drug-likeness (QED) is 0.546. The number of aryl methyl sites for hydroxylation is 1. The Balaban J connectivity index is 1.49. The maximum Gasteiger partial charge on any atom is 0.232 e. The first-order chi connectivity index (χ1) is 13.0. The van der Waals surface area contributed by atoms with Gasteiger partial charge in [0.1, 0.15) is 4.34 Å². The lowest BCUT2D eigenvalue weighted by Gasteiger charge is -2.00. The van der Waals surface area contributed by atoms with Crippen molar-refractivity contribution in [3.05, 3.63) is 57.5 Å². The van der Waals surface area contributed by atoms with Crippen molar-refractivity contribution >= 4 is 51.4 Å². The highest BCUT2D eigenvalue weighted by Gasteiger charge is 2.11. The maximum atomic E-state index is 12.2. The summed E-state index contributed by atoms with van der Waals surface area (Å²) < 4.78 is 0.941. The number of amides is 2. The van der Waals surface area contributed by atoms with Gasteiger partial charge in [-0.2, -0.15) is 0 Å². The molecule has 2 aromatic heterocycles. The molecule has 0 aliphatic rings. The van der Waals surface area contributed by atoms with Gasteiger partial charge in [0.05, 0.1) is 24.2 Å². The Labute approximate surface area is 169 Å². The number of carbonyl (C=O) groups is 2. The van der Waals surface area contributed by atoms with Crippen LogP contribution in [0.4, 0.5) is 5.13 Å². The zero-order chi connectivity index (χ0) is 19.2. The highest BCUT2D eigenvalue weighted by Crippen LogP contribution is 2.26. The average Bonchev–Trinajstić information content (AvgIpc) is 3.23. The number of carbonyl (C=O) groups excluding carboxylic acids is 2. The number of nitrogens with one attached hydrogen (secondary N) is 1. The molecular weight excluding hydrogens is 400 g/mol. The fraction of sp³-hybridized carbons (Fsp3) is 0.222. The van der Waals surface area contributed by atoms with E-state index in [9.17, 15) is 9.59 Å². The third-order valence-electron chi connectivity index (χ3n) is 3.51. The third-order valence-corrected chi connectivity index (χ3v) is 6.46. The number of thioether (sulfide) groups is 1. The van der Waals surface area contributed by atoms with Crippen LogP contribution in [0.25, 0.3) is 0 Å². The van der Waals surface area contributed by atoms with E-state index in [1.54, 1.807) is 17.1 Å². The number of rotatable bonds is 8. The zero-order valence-electron chi connectivity index (χ0n) is 14.6. The van der Waals surface area contributed by atoms with Crippen molar-refractivity contribution in [2.75, 3.05) is 5.32 Å². The van der Waals surface area contributed by atoms with E-state index in [4.69, 9.17) is 5.73 Å². The summed E-state index contributed by atoms with van der Waals surface area (Å²) >= 11 is 4.47. The number of thiazole rings is 2. The van der Waals surface area contributed by atoms with Crippen LogP contribution < -0.4 is 11.1 Å². The van der Waals surface area contributed by atoms with Crippen LogP contribution in [0.1, 0.15) is 22.5 Å². The fourth-order valence-electron chi connectivity index (χ4n) is 2.22. The Bertz CT molecular complexity index is 934. The molecule has 3 N–H and O–H groups in total. The van der Waals surface area contributed by atoms with Crippen LogP contribution in [0, 0.1) is 6.92 Å². The van der Waals surface area contributed by atoms with Gasteiger partial charge in [0.2, 0.25) is 11.8 Å². The summed E-state index contributed by atoms with van der Waals surface area (Å²) in [6.45, 7) is 2.07. The van der Waals surface area contributed by atoms with Gasteiger partial charge in [-0.3, -0.25) is 9.59 Å². The van der Waals surface area contributed by atoms with Crippen LogP contribution in [0.5, 0.6) is 0 Å². The molecule has 0 fully saturated rings. The largest absolute Gasteiger partial charge is 0.369 e. The predicted molar refractivity (Wildman–Crippen MR) is 110 cm³/mol. The first-order valence-corrected chi connectivity index (χ1v) is 10.9. The molecular formula is C18H18N4O2S3. The van der Waals surface area contributed by atoms with E-state index in [-0.39, 0.29) is 18.7 Å². The average molecular weight is 419 g/mol. The van der Waals surface area contributed by atoms with E-state index >= 15 is 0 Å². The molecule has 0 aliphatic heterocycles. The van der Waals surface area contributed by atoms with Gasteiger partial charge in [-0.05, 0) is 12.5 Å². The number of hydrogen-bond donors (Lipinski definition) is 2. The van der Waals surface area contributed by atoms with Gasteiger partial charge in [-0.1, -0.05) is 41.6 Å². The van der Waals surface area contributed by atoms with Crippen LogP contribution >= 0.6 is 34.4 Å². The molecule has 9 heteroatoms. The van der Waals surface area contributed by atoms with E-state index in [0.29, 0.717) is 10.8 Å². The first-order valence-electron chi connectivity index (χ1n) is 8.13. The molecule has 2 heterocycles. The number of anilines is 1. The third kappa shape index (κ3) is 6.16. The van der Waals surface area contributed by atoms with Crippen LogP contribution in [0.15, 0.2) is 39.4 Å². The lowest BCUT2D eigenvalue weighted by Crippen LogP contribution is -2.15. The second-order valence-electron chi connectivity index (χ2n) is 5.89. The van der Waals surface area contributed by atoms with Gasteiger partial charge >= 0.3 is 0 Å². The summed E-state index contributed by atoms with van der Waals surface area (Å²) in [6.07, 6.45) is 0.256. The van der Waals surface area contributed by atoms with Crippen molar-refractivity contribution in [2.45, 2.75) is 29.9 Å². The predicted octanol–water partition coefficient (Wildman–Crippen LogP) is 3.41. The smallest absolute Gasteiger partial charge is 0.232 e. The highest BCUT2D eigenvalue weighted by molar-refractivity contribution is 8.00. The van der Waals surface area contributed by atoms with Crippen molar-refractivity contribution in [1.29, 1.82) is 0 Å². The van der Waals surface area contributed by atoms with Gasteiger partial charge in [0.15, 0.2) is 5.13 Å². The van der Waals surface area contributed by atoms with Crippen molar-refractivity contribution < 1.29 is 9.59 Å². The molecule has 0 aliphatic carbocycles. The van der Waals surface area contributed by atoms with Crippen LogP contribution in [0.2, 0.25) is 0 Å². The van der Waals surface area contributed by atoms with E-state index in [2.05, 4.69) is 46.5 Å². The standard InChI is InChI=1S/C18H18N4O2S3/c1-11-2-4-12(5-3-11)8-26-18-21-14(10-27-18)7-16(24)22-17-20-13(9-25-17)6-15(19)23/h2-5,9-10H,6-8H2,1H3,(H2,19,23)(H,20,22,24). The summed E-state index contributed by atoms with van der Waals surface area (Å²) in [7, 11) is 0. The van der Waals surface area contributed by atoms with Crippen LogP contribution in [0.3, 0.4) is 0 Å². The van der Waals surface area contributed by atoms with E-state index in [1.807, 2.05) is 5.38 Å². The van der Waals surface area contributed by atoms with Crippen LogP contribution in [-0.4, -0.2) is 21.8 Å². The minimum atomic E-state index is -0.448. The summed E-state index contributed by atoms with van der Waals surface area (Å²) in [5.74, 6) is 0.216. The summed E-state index contributed by atoms with van der Waals surface area (Å²) in [5, 5.41) is 6.80. The van der Waals surface area contributed by atoms with Gasteiger partial charge in [0, 0.05) is 16.5 Å². The molecule has 0 spiro atoms. The second-order valence-corrected chi connectivity index (χ2v) is 8.83. The zero-order valence-corrected chi connectivity index (χ0v) is 17.0. The molecule has 0 unspecified atom stereocenters. The molecule has 0 atom stereocenters. The van der Waals surface area contributed by atoms with Crippen molar-refractivity contribution in [3.63, 3.8) is 0 Å². The molecule has 0 radical (unpaired) electrons. The Morgan fingerprint density at radius 3 is 2.52 bits per heavy atom. The van der Waals surface area contributed by atoms with Gasteiger partial charge < -0.3 is 11.1 Å². The molecule has 0 saturated heterocycles. The van der Waals surface area contributed by atoms with Crippen LogP contribution in [-0.2, 0) is 28.2 Å². The molecule has 6 nitrogen and oxygen atoms in total. The number of hydrogen-bond acceptors (Lipinski definition) is 7.